The first kappa shape index (κ1) is 16.6. The third-order valence-electron chi connectivity index (χ3n) is 5.06. The van der Waals surface area contributed by atoms with Gasteiger partial charge in [-0.1, -0.05) is 18.2 Å². The summed E-state index contributed by atoms with van der Waals surface area (Å²) in [7, 11) is 0. The summed E-state index contributed by atoms with van der Waals surface area (Å²) in [6.07, 6.45) is 2.93. The Morgan fingerprint density at radius 3 is 2.38 bits per heavy atom. The van der Waals surface area contributed by atoms with Crippen LogP contribution in [0.2, 0.25) is 0 Å². The smallest absolute Gasteiger partial charge is 0.244 e. The topological polar surface area (TPSA) is 74.6 Å². The molecule has 1 aromatic carbocycles. The van der Waals surface area contributed by atoms with Crippen LogP contribution < -0.4 is 4.90 Å². The molecule has 0 bridgehead atoms. The van der Waals surface area contributed by atoms with E-state index in [2.05, 4.69) is 27.1 Å². The van der Waals surface area contributed by atoms with Crippen LogP contribution in [0.5, 0.6) is 0 Å². The number of benzene rings is 1. The maximum atomic E-state index is 12.7. The lowest BCUT2D eigenvalue weighted by atomic mass is 9.98. The largest absolute Gasteiger partial charge is 0.368 e. The number of para-hydroxylation sites is 1. The molecular weight excluding hydrogens is 332 g/mol. The Morgan fingerprint density at radius 2 is 1.73 bits per heavy atom. The van der Waals surface area contributed by atoms with Crippen LogP contribution in [0.1, 0.15) is 0 Å². The highest BCUT2D eigenvalue weighted by molar-refractivity contribution is 5.84. The zero-order valence-electron chi connectivity index (χ0n) is 14.6. The number of amides is 2. The van der Waals surface area contributed by atoms with Crippen LogP contribution in [-0.2, 0) is 16.1 Å². The van der Waals surface area contributed by atoms with Gasteiger partial charge in [0.25, 0.3) is 0 Å². The first-order chi connectivity index (χ1) is 12.7. The Kier molecular flexibility index (Phi) is 4.55. The summed E-state index contributed by atoms with van der Waals surface area (Å²) in [5.41, 5.74) is 1.20. The van der Waals surface area contributed by atoms with Crippen molar-refractivity contribution in [3.8, 4) is 0 Å². The molecule has 2 aliphatic rings. The lowest BCUT2D eigenvalue weighted by Crippen LogP contribution is -2.59. The van der Waals surface area contributed by atoms with Gasteiger partial charge in [0.1, 0.15) is 19.2 Å². The summed E-state index contributed by atoms with van der Waals surface area (Å²) >= 11 is 0. The second-order valence-electron chi connectivity index (χ2n) is 6.74. The zero-order valence-corrected chi connectivity index (χ0v) is 14.6. The second-order valence-corrected chi connectivity index (χ2v) is 6.74. The van der Waals surface area contributed by atoms with Crippen molar-refractivity contribution in [3.63, 3.8) is 0 Å². The molecule has 2 aromatic rings. The fourth-order valence-electron chi connectivity index (χ4n) is 3.47. The molecule has 0 N–H and O–H groups in total. The molecule has 2 amide bonds. The molecule has 4 rings (SSSR count). The molecule has 2 fully saturated rings. The second kappa shape index (κ2) is 7.15. The van der Waals surface area contributed by atoms with Gasteiger partial charge in [0.05, 0.1) is 5.92 Å². The summed E-state index contributed by atoms with van der Waals surface area (Å²) in [6, 6.07) is 10.3. The molecule has 2 aliphatic heterocycles. The normalized spacial score (nSPS) is 17.9. The van der Waals surface area contributed by atoms with Crippen molar-refractivity contribution < 1.29 is 9.59 Å². The summed E-state index contributed by atoms with van der Waals surface area (Å²) in [5.74, 6) is 0.0777. The molecule has 3 heterocycles. The predicted molar refractivity (Wildman–Crippen MR) is 95.3 cm³/mol. The third kappa shape index (κ3) is 3.40. The molecule has 2 saturated heterocycles. The first-order valence-electron chi connectivity index (χ1n) is 8.89. The molecule has 0 saturated carbocycles. The molecular formula is C18H22N6O2. The monoisotopic (exact) mass is 354 g/mol. The highest BCUT2D eigenvalue weighted by atomic mass is 16.2. The fourth-order valence-corrected chi connectivity index (χ4v) is 3.47. The van der Waals surface area contributed by atoms with Crippen molar-refractivity contribution in [1.29, 1.82) is 0 Å². The van der Waals surface area contributed by atoms with Crippen molar-refractivity contribution in [2.75, 3.05) is 44.2 Å². The van der Waals surface area contributed by atoms with E-state index in [1.54, 1.807) is 4.90 Å². The van der Waals surface area contributed by atoms with Gasteiger partial charge in [0, 0.05) is 45.0 Å². The highest BCUT2D eigenvalue weighted by Crippen LogP contribution is 2.21. The van der Waals surface area contributed by atoms with E-state index in [0.717, 1.165) is 26.2 Å². The maximum Gasteiger partial charge on any atom is 0.244 e. The quantitative estimate of drug-likeness (QED) is 0.778. The van der Waals surface area contributed by atoms with E-state index in [-0.39, 0.29) is 24.3 Å². The van der Waals surface area contributed by atoms with Crippen molar-refractivity contribution in [3.05, 3.63) is 43.0 Å². The van der Waals surface area contributed by atoms with Gasteiger partial charge in [-0.05, 0) is 12.1 Å². The number of aromatic nitrogens is 3. The molecule has 0 unspecified atom stereocenters. The molecule has 0 radical (unpaired) electrons. The number of rotatable bonds is 4. The molecule has 0 aliphatic carbocycles. The molecule has 0 spiro atoms. The van der Waals surface area contributed by atoms with Crippen LogP contribution in [0, 0.1) is 5.92 Å². The summed E-state index contributed by atoms with van der Waals surface area (Å²) in [5, 5.41) is 3.93. The number of nitrogens with zero attached hydrogens (tertiary/aromatic N) is 6. The Morgan fingerprint density at radius 1 is 1.00 bits per heavy atom. The van der Waals surface area contributed by atoms with Gasteiger partial charge in [0.15, 0.2) is 0 Å². The van der Waals surface area contributed by atoms with Gasteiger partial charge in [0.2, 0.25) is 11.8 Å². The van der Waals surface area contributed by atoms with Gasteiger partial charge in [-0.25, -0.2) is 9.67 Å². The Labute approximate surface area is 152 Å². The number of carbonyl (C=O) groups is 2. The van der Waals surface area contributed by atoms with Crippen LogP contribution in [-0.4, -0.2) is 75.6 Å². The third-order valence-corrected chi connectivity index (χ3v) is 5.06. The number of likely N-dealkylation sites (tertiary alicyclic amines) is 1. The van der Waals surface area contributed by atoms with E-state index < -0.39 is 0 Å². The van der Waals surface area contributed by atoms with Crippen LogP contribution in [0.4, 0.5) is 5.69 Å². The van der Waals surface area contributed by atoms with Crippen molar-refractivity contribution in [1.82, 2.24) is 24.6 Å². The van der Waals surface area contributed by atoms with Gasteiger partial charge >= 0.3 is 0 Å². The predicted octanol–water partition coefficient (Wildman–Crippen LogP) is 0.0853. The summed E-state index contributed by atoms with van der Waals surface area (Å²) in [4.78, 5) is 34.6. The molecule has 1 aromatic heterocycles. The number of carbonyl (C=O) groups excluding carboxylic acids is 2. The average Bonchev–Trinajstić information content (AvgIpc) is 3.14. The van der Waals surface area contributed by atoms with Gasteiger partial charge < -0.3 is 14.7 Å². The minimum Gasteiger partial charge on any atom is -0.368 e. The minimum atomic E-state index is -0.0713. The fraction of sp³-hybridized carbons (Fsp3) is 0.444. The highest BCUT2D eigenvalue weighted by Gasteiger charge is 2.38. The van der Waals surface area contributed by atoms with E-state index in [9.17, 15) is 9.59 Å². The van der Waals surface area contributed by atoms with Gasteiger partial charge in [-0.15, -0.1) is 0 Å². The molecule has 0 atom stereocenters. The standard InChI is InChI=1S/C18H22N6O2/c25-17(12-24-14-19-13-20-24)23-10-15(11-23)18(26)22-8-6-21(7-9-22)16-4-2-1-3-5-16/h1-5,13-15H,6-12H2. The minimum absolute atomic E-state index is 0.0200. The van der Waals surface area contributed by atoms with Crippen LogP contribution in [0.15, 0.2) is 43.0 Å². The number of anilines is 1. The Hall–Kier alpha value is -2.90. The van der Waals surface area contributed by atoms with Gasteiger partial charge in [-0.2, -0.15) is 5.10 Å². The van der Waals surface area contributed by atoms with Crippen LogP contribution in [0.3, 0.4) is 0 Å². The van der Waals surface area contributed by atoms with Crippen LogP contribution in [0.25, 0.3) is 0 Å². The summed E-state index contributed by atoms with van der Waals surface area (Å²) < 4.78 is 1.50. The molecule has 8 heteroatoms. The maximum absolute atomic E-state index is 12.7. The van der Waals surface area contributed by atoms with Crippen molar-refractivity contribution >= 4 is 17.5 Å². The Bertz CT molecular complexity index is 749. The number of hydrogen-bond donors (Lipinski definition) is 0. The van der Waals surface area contributed by atoms with Crippen molar-refractivity contribution in [2.45, 2.75) is 6.54 Å². The van der Waals surface area contributed by atoms with Crippen molar-refractivity contribution in [2.24, 2.45) is 5.92 Å². The lowest BCUT2D eigenvalue weighted by Gasteiger charge is -2.43. The van der Waals surface area contributed by atoms with Crippen LogP contribution >= 0.6 is 0 Å². The van der Waals surface area contributed by atoms with E-state index in [4.69, 9.17) is 0 Å². The zero-order chi connectivity index (χ0) is 17.9. The van der Waals surface area contributed by atoms with E-state index in [1.165, 1.54) is 23.0 Å². The Balaban J connectivity index is 1.23. The first-order valence-corrected chi connectivity index (χ1v) is 8.89. The molecule has 26 heavy (non-hydrogen) atoms. The average molecular weight is 354 g/mol. The van der Waals surface area contributed by atoms with E-state index in [1.807, 2.05) is 23.1 Å². The van der Waals surface area contributed by atoms with E-state index in [0.29, 0.717) is 13.1 Å². The molecule has 136 valence electrons. The van der Waals surface area contributed by atoms with Gasteiger partial charge in [-0.3, -0.25) is 9.59 Å². The molecule has 8 nitrogen and oxygen atoms in total. The number of hydrogen-bond acceptors (Lipinski definition) is 5. The van der Waals surface area contributed by atoms with E-state index >= 15 is 0 Å². The summed E-state index contributed by atoms with van der Waals surface area (Å²) in [6.45, 7) is 4.34. The SMILES string of the molecule is O=C(Cn1cncn1)N1CC(C(=O)N2CCN(c3ccccc3)CC2)C1. The number of piperazine rings is 1. The lowest BCUT2D eigenvalue weighted by molar-refractivity contribution is -0.149.